The third-order valence-electron chi connectivity index (χ3n) is 1.47. The number of aliphatic carboxylic acids is 1. The van der Waals surface area contributed by atoms with Gasteiger partial charge in [0.25, 0.3) is 0 Å². The van der Waals surface area contributed by atoms with Crippen LogP contribution in [-0.4, -0.2) is 42.3 Å². The standard InChI is InChI=1S/C9H14N2O5/c1-3-4-16-9(15)11-6(2)8(14)10-5-7(12)13/h3,6H,1,4-5H2,2H3,(H,10,14)(H,11,15)(H,12,13)/t6-/m0/s1. The van der Waals surface area contributed by atoms with Gasteiger partial charge in [-0.25, -0.2) is 4.79 Å². The number of carbonyl (C=O) groups excluding carboxylic acids is 2. The number of hydrogen-bond acceptors (Lipinski definition) is 4. The molecular formula is C9H14N2O5. The van der Waals surface area contributed by atoms with Crippen molar-refractivity contribution in [2.45, 2.75) is 13.0 Å². The van der Waals surface area contributed by atoms with Crippen LogP contribution in [0.1, 0.15) is 6.92 Å². The summed E-state index contributed by atoms with van der Waals surface area (Å²) in [6.45, 7) is 4.30. The van der Waals surface area contributed by atoms with Gasteiger partial charge in [-0.15, -0.1) is 0 Å². The summed E-state index contributed by atoms with van der Waals surface area (Å²) in [5.41, 5.74) is 0. The van der Waals surface area contributed by atoms with Crippen molar-refractivity contribution in [3.63, 3.8) is 0 Å². The quantitative estimate of drug-likeness (QED) is 0.533. The molecule has 0 aromatic heterocycles. The first-order valence-electron chi connectivity index (χ1n) is 4.51. The summed E-state index contributed by atoms with van der Waals surface area (Å²) in [5.74, 6) is -1.76. The van der Waals surface area contributed by atoms with Crippen LogP contribution >= 0.6 is 0 Å². The molecule has 7 heteroatoms. The molecule has 0 heterocycles. The zero-order valence-electron chi connectivity index (χ0n) is 8.86. The van der Waals surface area contributed by atoms with Gasteiger partial charge >= 0.3 is 12.1 Å². The molecule has 7 nitrogen and oxygen atoms in total. The Morgan fingerprint density at radius 3 is 2.62 bits per heavy atom. The Labute approximate surface area is 92.5 Å². The smallest absolute Gasteiger partial charge is 0.408 e. The fourth-order valence-electron chi connectivity index (χ4n) is 0.734. The Bertz CT molecular complexity index is 290. The second-order valence-corrected chi connectivity index (χ2v) is 2.86. The first-order chi connectivity index (χ1) is 7.47. The Hall–Kier alpha value is -2.05. The van der Waals surface area contributed by atoms with Crippen LogP contribution < -0.4 is 10.6 Å². The SMILES string of the molecule is C=CCOC(=O)N[C@@H](C)C(=O)NCC(=O)O. The number of nitrogens with one attached hydrogen (secondary N) is 2. The van der Waals surface area contributed by atoms with E-state index in [1.165, 1.54) is 13.0 Å². The predicted molar refractivity (Wildman–Crippen MR) is 54.8 cm³/mol. The lowest BCUT2D eigenvalue weighted by atomic mass is 10.3. The maximum absolute atomic E-state index is 11.2. The molecule has 16 heavy (non-hydrogen) atoms. The highest BCUT2D eigenvalue weighted by atomic mass is 16.5. The summed E-state index contributed by atoms with van der Waals surface area (Å²) in [7, 11) is 0. The monoisotopic (exact) mass is 230 g/mol. The highest BCUT2D eigenvalue weighted by Crippen LogP contribution is 1.85. The summed E-state index contributed by atoms with van der Waals surface area (Å²) in [4.78, 5) is 32.3. The van der Waals surface area contributed by atoms with Crippen LogP contribution in [0.5, 0.6) is 0 Å². The zero-order valence-corrected chi connectivity index (χ0v) is 8.86. The van der Waals surface area contributed by atoms with E-state index in [1.54, 1.807) is 0 Å². The van der Waals surface area contributed by atoms with Crippen molar-refractivity contribution < 1.29 is 24.2 Å². The highest BCUT2D eigenvalue weighted by Gasteiger charge is 2.16. The van der Waals surface area contributed by atoms with E-state index in [4.69, 9.17) is 5.11 Å². The van der Waals surface area contributed by atoms with E-state index in [-0.39, 0.29) is 6.61 Å². The van der Waals surface area contributed by atoms with E-state index in [0.717, 1.165) is 0 Å². The van der Waals surface area contributed by atoms with Crippen LogP contribution in [0.3, 0.4) is 0 Å². The number of amides is 2. The molecule has 0 aliphatic heterocycles. The maximum Gasteiger partial charge on any atom is 0.408 e. The molecule has 0 bridgehead atoms. The summed E-state index contributed by atoms with van der Waals surface area (Å²) in [6, 6.07) is -0.864. The molecule has 0 aromatic rings. The number of carboxylic acid groups (broad SMARTS) is 1. The van der Waals surface area contributed by atoms with Gasteiger partial charge in [0.2, 0.25) is 5.91 Å². The van der Waals surface area contributed by atoms with Gasteiger partial charge in [-0.2, -0.15) is 0 Å². The van der Waals surface area contributed by atoms with E-state index in [9.17, 15) is 14.4 Å². The molecule has 0 aromatic carbocycles. The highest BCUT2D eigenvalue weighted by molar-refractivity contribution is 5.87. The van der Waals surface area contributed by atoms with Crippen molar-refractivity contribution in [2.75, 3.05) is 13.2 Å². The van der Waals surface area contributed by atoms with Crippen LogP contribution in [-0.2, 0) is 14.3 Å². The van der Waals surface area contributed by atoms with E-state index >= 15 is 0 Å². The second-order valence-electron chi connectivity index (χ2n) is 2.86. The van der Waals surface area contributed by atoms with E-state index in [1.807, 2.05) is 0 Å². The third-order valence-corrected chi connectivity index (χ3v) is 1.47. The lowest BCUT2D eigenvalue weighted by molar-refractivity contribution is -0.138. The van der Waals surface area contributed by atoms with Gasteiger partial charge in [-0.3, -0.25) is 9.59 Å². The number of rotatable bonds is 6. The summed E-state index contributed by atoms with van der Waals surface area (Å²) in [6.07, 6.45) is 0.618. The number of carboxylic acids is 1. The summed E-state index contributed by atoms with van der Waals surface area (Å²) in [5, 5.41) is 12.6. The minimum atomic E-state index is -1.16. The predicted octanol–water partition coefficient (Wildman–Crippen LogP) is -0.512. The van der Waals surface area contributed by atoms with Crippen LogP contribution in [0.25, 0.3) is 0 Å². The van der Waals surface area contributed by atoms with E-state index in [0.29, 0.717) is 0 Å². The van der Waals surface area contributed by atoms with Crippen molar-refractivity contribution in [3.05, 3.63) is 12.7 Å². The van der Waals surface area contributed by atoms with E-state index in [2.05, 4.69) is 21.9 Å². The van der Waals surface area contributed by atoms with E-state index < -0.39 is 30.6 Å². The summed E-state index contributed by atoms with van der Waals surface area (Å²) < 4.78 is 4.57. The van der Waals surface area contributed by atoms with Crippen molar-refractivity contribution in [1.82, 2.24) is 10.6 Å². The topological polar surface area (TPSA) is 105 Å². The molecule has 0 aliphatic rings. The first kappa shape index (κ1) is 13.9. The number of ether oxygens (including phenoxy) is 1. The Morgan fingerprint density at radius 2 is 2.12 bits per heavy atom. The fourth-order valence-corrected chi connectivity index (χ4v) is 0.734. The minimum Gasteiger partial charge on any atom is -0.480 e. The van der Waals surface area contributed by atoms with Crippen LogP contribution in [0.15, 0.2) is 12.7 Å². The molecule has 0 unspecified atom stereocenters. The van der Waals surface area contributed by atoms with Gasteiger partial charge in [0, 0.05) is 0 Å². The molecular weight excluding hydrogens is 216 g/mol. The number of carbonyl (C=O) groups is 3. The second kappa shape index (κ2) is 7.27. The molecule has 2 amide bonds. The Balaban J connectivity index is 3.90. The Morgan fingerprint density at radius 1 is 1.50 bits per heavy atom. The average molecular weight is 230 g/mol. The van der Waals surface area contributed by atoms with Gasteiger partial charge < -0.3 is 20.5 Å². The largest absolute Gasteiger partial charge is 0.480 e. The molecule has 0 radical (unpaired) electrons. The van der Waals surface area contributed by atoms with Crippen molar-refractivity contribution in [1.29, 1.82) is 0 Å². The average Bonchev–Trinajstić information content (AvgIpc) is 2.22. The van der Waals surface area contributed by atoms with Gasteiger partial charge in [-0.05, 0) is 6.92 Å². The van der Waals surface area contributed by atoms with Gasteiger partial charge in [0.05, 0.1) is 0 Å². The molecule has 0 aliphatic carbocycles. The third kappa shape index (κ3) is 6.41. The van der Waals surface area contributed by atoms with Gasteiger partial charge in [-0.1, -0.05) is 12.7 Å². The molecule has 0 saturated carbocycles. The van der Waals surface area contributed by atoms with Crippen molar-refractivity contribution in [3.8, 4) is 0 Å². The maximum atomic E-state index is 11.2. The molecule has 0 saturated heterocycles. The molecule has 1 atom stereocenters. The zero-order chi connectivity index (χ0) is 12.6. The van der Waals surface area contributed by atoms with Gasteiger partial charge in [0.1, 0.15) is 19.2 Å². The normalized spacial score (nSPS) is 11.1. The molecule has 0 spiro atoms. The number of hydrogen-bond donors (Lipinski definition) is 3. The van der Waals surface area contributed by atoms with Crippen LogP contribution in [0, 0.1) is 0 Å². The van der Waals surface area contributed by atoms with Crippen molar-refractivity contribution >= 4 is 18.0 Å². The molecule has 0 rings (SSSR count). The van der Waals surface area contributed by atoms with Crippen LogP contribution in [0.2, 0.25) is 0 Å². The molecule has 90 valence electrons. The van der Waals surface area contributed by atoms with Gasteiger partial charge in [0.15, 0.2) is 0 Å². The Kier molecular flexibility index (Phi) is 6.34. The lowest BCUT2D eigenvalue weighted by Crippen LogP contribution is -2.46. The molecule has 0 fully saturated rings. The summed E-state index contributed by atoms with van der Waals surface area (Å²) >= 11 is 0. The number of alkyl carbamates (subject to hydrolysis) is 1. The lowest BCUT2D eigenvalue weighted by Gasteiger charge is -2.12. The molecule has 3 N–H and O–H groups in total. The fraction of sp³-hybridized carbons (Fsp3) is 0.444. The van der Waals surface area contributed by atoms with Crippen molar-refractivity contribution in [2.24, 2.45) is 0 Å². The van der Waals surface area contributed by atoms with Crippen LogP contribution in [0.4, 0.5) is 4.79 Å². The minimum absolute atomic E-state index is 0.0370. The first-order valence-corrected chi connectivity index (χ1v) is 4.51.